The summed E-state index contributed by atoms with van der Waals surface area (Å²) in [5, 5.41) is 12.4. The monoisotopic (exact) mass is 412 g/mol. The first-order valence-electron chi connectivity index (χ1n) is 9.48. The number of amidine groups is 2. The molecule has 0 saturated carbocycles. The van der Waals surface area contributed by atoms with E-state index in [1.54, 1.807) is 0 Å². The number of hydrogen-bond donors (Lipinski definition) is 4. The van der Waals surface area contributed by atoms with E-state index in [4.69, 9.17) is 0 Å². The topological polar surface area (TPSA) is 89.9 Å². The van der Waals surface area contributed by atoms with Gasteiger partial charge in [0.15, 0.2) is 0 Å². The van der Waals surface area contributed by atoms with E-state index in [-0.39, 0.29) is 18.4 Å². The zero-order chi connectivity index (χ0) is 19.5. The Morgan fingerprint density at radius 1 is 0.862 bits per heavy atom. The van der Waals surface area contributed by atoms with E-state index < -0.39 is 0 Å². The van der Waals surface area contributed by atoms with Crippen molar-refractivity contribution in [1.29, 1.82) is 0 Å². The van der Waals surface area contributed by atoms with Crippen LogP contribution in [-0.4, -0.2) is 42.9 Å². The van der Waals surface area contributed by atoms with Crippen LogP contribution >= 0.6 is 12.4 Å². The molecule has 4 N–H and O–H groups in total. The fourth-order valence-corrected chi connectivity index (χ4v) is 3.24. The van der Waals surface area contributed by atoms with Crippen LogP contribution in [0.15, 0.2) is 58.5 Å². The molecule has 2 aliphatic heterocycles. The number of nitrogens with one attached hydrogen (secondary N) is 4. The van der Waals surface area contributed by atoms with Crippen molar-refractivity contribution in [3.05, 3.63) is 59.7 Å². The number of anilines is 2. The number of halogens is 1. The molecule has 0 saturated heterocycles. The maximum atomic E-state index is 12.4. The van der Waals surface area contributed by atoms with Crippen LogP contribution < -0.4 is 21.3 Å². The third-order valence-corrected chi connectivity index (χ3v) is 4.60. The lowest BCUT2D eigenvalue weighted by Crippen LogP contribution is -2.28. The fraction of sp³-hybridized carbons (Fsp3) is 0.286. The van der Waals surface area contributed by atoms with Gasteiger partial charge in [-0.25, -0.2) is 4.79 Å². The molecule has 4 rings (SSSR count). The lowest BCUT2D eigenvalue weighted by atomic mass is 10.1. The van der Waals surface area contributed by atoms with Gasteiger partial charge in [-0.05, 0) is 38.1 Å². The van der Waals surface area contributed by atoms with Crippen molar-refractivity contribution in [3.8, 4) is 0 Å². The minimum atomic E-state index is -0.293. The zero-order valence-electron chi connectivity index (χ0n) is 16.4. The maximum Gasteiger partial charge on any atom is 0.323 e. The highest BCUT2D eigenvalue weighted by atomic mass is 35.5. The number of carbonyl (C=O) groups is 1. The molecule has 2 aliphatic rings. The van der Waals surface area contributed by atoms with E-state index in [9.17, 15) is 4.79 Å². The Bertz CT molecular complexity index is 882. The predicted octanol–water partition coefficient (Wildman–Crippen LogP) is 3.23. The highest BCUT2D eigenvalue weighted by Gasteiger charge is 2.16. The van der Waals surface area contributed by atoms with Crippen LogP contribution in [0.5, 0.6) is 0 Å². The summed E-state index contributed by atoms with van der Waals surface area (Å²) in [5.74, 6) is 1.73. The molecule has 0 fully saturated rings. The van der Waals surface area contributed by atoms with Crippen LogP contribution in [0.25, 0.3) is 0 Å². The van der Waals surface area contributed by atoms with Crippen LogP contribution in [0.4, 0.5) is 16.2 Å². The van der Waals surface area contributed by atoms with E-state index >= 15 is 0 Å². The number of carbonyl (C=O) groups excluding carboxylic acids is 1. The number of nitrogens with zero attached hydrogens (tertiary/aromatic N) is 2. The lowest BCUT2D eigenvalue weighted by Gasteiger charge is -2.11. The quantitative estimate of drug-likeness (QED) is 0.621. The van der Waals surface area contributed by atoms with Crippen molar-refractivity contribution in [2.45, 2.75) is 25.9 Å². The van der Waals surface area contributed by atoms with Crippen LogP contribution in [0, 0.1) is 0 Å². The first-order valence-corrected chi connectivity index (χ1v) is 9.48. The molecular formula is C21H25ClN6O. The van der Waals surface area contributed by atoms with Gasteiger partial charge in [0, 0.05) is 34.6 Å². The average Bonchev–Trinajstić information content (AvgIpc) is 3.30. The molecule has 152 valence electrons. The summed E-state index contributed by atoms with van der Waals surface area (Å²) in [7, 11) is 0. The molecule has 2 unspecified atom stereocenters. The molecule has 7 nitrogen and oxygen atoms in total. The zero-order valence-corrected chi connectivity index (χ0v) is 17.2. The molecule has 0 spiro atoms. The van der Waals surface area contributed by atoms with Gasteiger partial charge in [-0.15, -0.1) is 12.4 Å². The molecule has 2 amide bonds. The van der Waals surface area contributed by atoms with Gasteiger partial charge >= 0.3 is 6.03 Å². The molecule has 0 radical (unpaired) electrons. The normalized spacial score (nSPS) is 19.9. The summed E-state index contributed by atoms with van der Waals surface area (Å²) in [6.07, 6.45) is 0. The summed E-state index contributed by atoms with van der Waals surface area (Å²) < 4.78 is 0. The maximum absolute atomic E-state index is 12.4. The Morgan fingerprint density at radius 3 is 1.69 bits per heavy atom. The van der Waals surface area contributed by atoms with E-state index in [0.717, 1.165) is 35.9 Å². The van der Waals surface area contributed by atoms with Crippen molar-refractivity contribution >= 4 is 41.5 Å². The number of hydrogen-bond acceptors (Lipinski definition) is 5. The van der Waals surface area contributed by atoms with Gasteiger partial charge in [0.25, 0.3) is 0 Å². The van der Waals surface area contributed by atoms with Crippen molar-refractivity contribution in [2.24, 2.45) is 9.98 Å². The van der Waals surface area contributed by atoms with Gasteiger partial charge in [-0.3, -0.25) is 9.98 Å². The molecule has 0 aromatic heterocycles. The number of amides is 2. The average molecular weight is 413 g/mol. The SMILES string of the molecule is CC1CN=C(c2cccc(NC(=O)Nc3cccc(C4=NCC(C)N4)c3)c2)N1.Cl. The second kappa shape index (κ2) is 8.96. The summed E-state index contributed by atoms with van der Waals surface area (Å²) >= 11 is 0. The van der Waals surface area contributed by atoms with Crippen LogP contribution in [-0.2, 0) is 0 Å². The van der Waals surface area contributed by atoms with Crippen LogP contribution in [0.3, 0.4) is 0 Å². The largest absolute Gasteiger partial charge is 0.366 e. The predicted molar refractivity (Wildman–Crippen MR) is 121 cm³/mol. The van der Waals surface area contributed by atoms with E-state index in [1.165, 1.54) is 0 Å². The lowest BCUT2D eigenvalue weighted by molar-refractivity contribution is 0.262. The first-order chi connectivity index (χ1) is 13.6. The molecule has 2 aromatic carbocycles. The fourth-order valence-electron chi connectivity index (χ4n) is 3.24. The molecule has 2 atom stereocenters. The van der Waals surface area contributed by atoms with Crippen molar-refractivity contribution in [1.82, 2.24) is 10.6 Å². The highest BCUT2D eigenvalue weighted by Crippen LogP contribution is 2.16. The summed E-state index contributed by atoms with van der Waals surface area (Å²) in [6.45, 7) is 5.71. The van der Waals surface area contributed by atoms with E-state index in [2.05, 4.69) is 45.1 Å². The minimum absolute atomic E-state index is 0. The third kappa shape index (κ3) is 5.06. The molecule has 2 heterocycles. The Balaban J connectivity index is 0.00000240. The molecular weight excluding hydrogens is 388 g/mol. The van der Waals surface area contributed by atoms with Crippen molar-refractivity contribution in [2.75, 3.05) is 23.7 Å². The summed E-state index contributed by atoms with van der Waals surface area (Å²) in [5.41, 5.74) is 3.35. The molecule has 0 aliphatic carbocycles. The van der Waals surface area contributed by atoms with Gasteiger partial charge in [0.2, 0.25) is 0 Å². The van der Waals surface area contributed by atoms with Crippen molar-refractivity contribution in [3.63, 3.8) is 0 Å². The van der Waals surface area contributed by atoms with E-state index in [1.807, 2.05) is 48.5 Å². The smallest absolute Gasteiger partial charge is 0.323 e. The van der Waals surface area contributed by atoms with Gasteiger partial charge in [0.05, 0.1) is 13.1 Å². The standard InChI is InChI=1S/C21H24N6O.ClH/c1-13-11-22-19(24-13)15-5-3-7-17(9-15)26-21(28)27-18-8-4-6-16(10-18)20-23-12-14(2)25-20;/h3-10,13-14H,11-12H2,1-2H3,(H,22,24)(H,23,25)(H2,26,27,28);1H. The number of urea groups is 1. The third-order valence-electron chi connectivity index (χ3n) is 4.60. The minimum Gasteiger partial charge on any atom is -0.366 e. The Labute approximate surface area is 176 Å². The highest BCUT2D eigenvalue weighted by molar-refractivity contribution is 6.04. The molecule has 0 bridgehead atoms. The molecule has 29 heavy (non-hydrogen) atoms. The van der Waals surface area contributed by atoms with Gasteiger partial charge in [-0.1, -0.05) is 24.3 Å². The van der Waals surface area contributed by atoms with Gasteiger partial charge in [-0.2, -0.15) is 0 Å². The molecule has 8 heteroatoms. The second-order valence-corrected chi connectivity index (χ2v) is 7.21. The first kappa shape index (κ1) is 20.7. The number of benzene rings is 2. The number of aliphatic imine (C=N–C) groups is 2. The molecule has 2 aromatic rings. The Kier molecular flexibility index (Phi) is 6.39. The van der Waals surface area contributed by atoms with Crippen LogP contribution in [0.2, 0.25) is 0 Å². The Morgan fingerprint density at radius 2 is 1.31 bits per heavy atom. The summed E-state index contributed by atoms with van der Waals surface area (Å²) in [6, 6.07) is 15.7. The summed E-state index contributed by atoms with van der Waals surface area (Å²) in [4.78, 5) is 21.4. The Hall–Kier alpha value is -3.06. The van der Waals surface area contributed by atoms with Gasteiger partial charge < -0.3 is 21.3 Å². The van der Waals surface area contributed by atoms with Crippen LogP contribution in [0.1, 0.15) is 25.0 Å². The van der Waals surface area contributed by atoms with Gasteiger partial charge in [0.1, 0.15) is 11.7 Å². The second-order valence-electron chi connectivity index (χ2n) is 7.21. The van der Waals surface area contributed by atoms with E-state index in [0.29, 0.717) is 23.5 Å². The van der Waals surface area contributed by atoms with Crippen molar-refractivity contribution < 1.29 is 4.79 Å². The number of rotatable bonds is 4.